The van der Waals surface area contributed by atoms with Crippen LogP contribution in [0, 0.1) is 6.92 Å². The van der Waals surface area contributed by atoms with Crippen molar-refractivity contribution in [3.8, 4) is 0 Å². The molecular formula is C31H27N3O3S2. The molecule has 4 aromatic carbocycles. The fraction of sp³-hybridized carbons (Fsp3) is 0.161. The van der Waals surface area contributed by atoms with E-state index in [9.17, 15) is 13.2 Å². The molecule has 1 aromatic heterocycles. The highest BCUT2D eigenvalue weighted by Gasteiger charge is 2.29. The van der Waals surface area contributed by atoms with E-state index in [4.69, 9.17) is 4.98 Å². The van der Waals surface area contributed by atoms with Crippen LogP contribution in [0.4, 0.5) is 5.13 Å². The van der Waals surface area contributed by atoms with E-state index in [0.29, 0.717) is 36.8 Å². The normalized spacial score (nSPS) is 13.8. The Morgan fingerprint density at radius 2 is 1.62 bits per heavy atom. The van der Waals surface area contributed by atoms with Crippen LogP contribution in [0.15, 0.2) is 102 Å². The maximum absolute atomic E-state index is 13.8. The molecule has 8 heteroatoms. The zero-order chi connectivity index (χ0) is 27.0. The van der Waals surface area contributed by atoms with E-state index in [1.54, 1.807) is 17.0 Å². The van der Waals surface area contributed by atoms with Crippen LogP contribution in [0.25, 0.3) is 10.2 Å². The molecule has 0 atom stereocenters. The Morgan fingerprint density at radius 1 is 0.897 bits per heavy atom. The summed E-state index contributed by atoms with van der Waals surface area (Å²) in [4.78, 5) is 20.5. The van der Waals surface area contributed by atoms with E-state index in [-0.39, 0.29) is 10.8 Å². The SMILES string of the molecule is Cc1cccc2sc(N(Cc3ccccc3)C(=O)c3ccc(S(=O)(=O)N4CCc5ccccc5C4)cc3)nc12. The lowest BCUT2D eigenvalue weighted by Crippen LogP contribution is -2.36. The van der Waals surface area contributed by atoms with Gasteiger partial charge in [0.25, 0.3) is 5.91 Å². The molecular weight excluding hydrogens is 526 g/mol. The van der Waals surface area contributed by atoms with Crippen LogP contribution in [0.1, 0.15) is 32.6 Å². The molecule has 0 fully saturated rings. The highest BCUT2D eigenvalue weighted by atomic mass is 32.2. The summed E-state index contributed by atoms with van der Waals surface area (Å²) in [5.74, 6) is -0.230. The maximum Gasteiger partial charge on any atom is 0.260 e. The molecule has 6 nitrogen and oxygen atoms in total. The summed E-state index contributed by atoms with van der Waals surface area (Å²) in [6.45, 7) is 3.14. The first-order chi connectivity index (χ1) is 18.9. The minimum absolute atomic E-state index is 0.184. The molecule has 1 aliphatic heterocycles. The van der Waals surface area contributed by atoms with Crippen LogP contribution in [0.3, 0.4) is 0 Å². The monoisotopic (exact) mass is 553 g/mol. The van der Waals surface area contributed by atoms with Crippen molar-refractivity contribution in [2.75, 3.05) is 11.4 Å². The molecule has 5 aromatic rings. The van der Waals surface area contributed by atoms with Crippen molar-refractivity contribution in [3.05, 3.63) is 125 Å². The van der Waals surface area contributed by atoms with Crippen molar-refractivity contribution in [2.24, 2.45) is 0 Å². The van der Waals surface area contributed by atoms with Gasteiger partial charge >= 0.3 is 0 Å². The summed E-state index contributed by atoms with van der Waals surface area (Å²) in [6, 6.07) is 30.0. The smallest absolute Gasteiger partial charge is 0.260 e. The minimum atomic E-state index is -3.69. The van der Waals surface area contributed by atoms with Crippen molar-refractivity contribution in [2.45, 2.75) is 31.3 Å². The number of benzene rings is 4. The average molecular weight is 554 g/mol. The molecule has 0 N–H and O–H groups in total. The second-order valence-electron chi connectivity index (χ2n) is 9.68. The fourth-order valence-corrected chi connectivity index (χ4v) is 7.39. The third-order valence-corrected chi connectivity index (χ3v) is 10.0. The zero-order valence-electron chi connectivity index (χ0n) is 21.4. The maximum atomic E-state index is 13.8. The lowest BCUT2D eigenvalue weighted by atomic mass is 10.0. The lowest BCUT2D eigenvalue weighted by molar-refractivity contribution is 0.0985. The Labute approximate surface area is 232 Å². The van der Waals surface area contributed by atoms with Crippen LogP contribution in [-0.4, -0.2) is 30.2 Å². The standard InChI is InChI=1S/C31H27N3O3S2/c1-22-8-7-13-28-29(22)32-31(38-28)34(20-23-9-3-2-4-10-23)30(35)25-14-16-27(17-15-25)39(36,37)33-19-18-24-11-5-6-12-26(24)21-33/h2-17H,18-21H2,1H3. The van der Waals surface area contributed by atoms with Crippen molar-refractivity contribution >= 4 is 42.6 Å². The first-order valence-electron chi connectivity index (χ1n) is 12.8. The number of nitrogens with zero attached hydrogens (tertiary/aromatic N) is 3. The number of amides is 1. The van der Waals surface area contributed by atoms with E-state index in [0.717, 1.165) is 26.9 Å². The number of carbonyl (C=O) groups is 1. The third-order valence-electron chi connectivity index (χ3n) is 7.10. The Morgan fingerprint density at radius 3 is 2.36 bits per heavy atom. The molecule has 0 bridgehead atoms. The van der Waals surface area contributed by atoms with Crippen molar-refractivity contribution in [1.29, 1.82) is 0 Å². The van der Waals surface area contributed by atoms with Gasteiger partial charge in [0, 0.05) is 18.7 Å². The summed E-state index contributed by atoms with van der Waals surface area (Å²) in [5.41, 5.74) is 5.54. The molecule has 2 heterocycles. The topological polar surface area (TPSA) is 70.6 Å². The van der Waals surface area contributed by atoms with E-state index >= 15 is 0 Å². The van der Waals surface area contributed by atoms with E-state index < -0.39 is 10.0 Å². The Kier molecular flexibility index (Phi) is 6.76. The number of sulfonamides is 1. The number of rotatable bonds is 6. The molecule has 0 radical (unpaired) electrons. The Balaban J connectivity index is 1.30. The van der Waals surface area contributed by atoms with Gasteiger partial charge in [-0.2, -0.15) is 4.31 Å². The number of hydrogen-bond acceptors (Lipinski definition) is 5. The number of hydrogen-bond donors (Lipinski definition) is 0. The van der Waals surface area contributed by atoms with Gasteiger partial charge in [0.1, 0.15) is 0 Å². The molecule has 0 spiro atoms. The van der Waals surface area contributed by atoms with Gasteiger partial charge in [-0.3, -0.25) is 9.69 Å². The van der Waals surface area contributed by atoms with Gasteiger partial charge in [-0.25, -0.2) is 13.4 Å². The van der Waals surface area contributed by atoms with E-state index in [2.05, 4.69) is 0 Å². The molecule has 196 valence electrons. The molecule has 0 saturated heterocycles. The summed E-state index contributed by atoms with van der Waals surface area (Å²) in [5, 5.41) is 0.608. The zero-order valence-corrected chi connectivity index (χ0v) is 23.1. The summed E-state index contributed by atoms with van der Waals surface area (Å²) in [6.07, 6.45) is 0.683. The van der Waals surface area contributed by atoms with Crippen molar-refractivity contribution < 1.29 is 13.2 Å². The highest BCUT2D eigenvalue weighted by Crippen LogP contribution is 2.33. The quantitative estimate of drug-likeness (QED) is 0.251. The van der Waals surface area contributed by atoms with Gasteiger partial charge < -0.3 is 0 Å². The van der Waals surface area contributed by atoms with Gasteiger partial charge in [-0.05, 0) is 65.9 Å². The van der Waals surface area contributed by atoms with Crippen LogP contribution in [0.2, 0.25) is 0 Å². The van der Waals surface area contributed by atoms with E-state index in [1.807, 2.05) is 79.7 Å². The summed E-state index contributed by atoms with van der Waals surface area (Å²) < 4.78 is 29.4. The van der Waals surface area contributed by atoms with Gasteiger partial charge in [0.05, 0.1) is 21.7 Å². The number of carbonyl (C=O) groups excluding carboxylic acids is 1. The fourth-order valence-electron chi connectivity index (χ4n) is 4.93. The number of fused-ring (bicyclic) bond motifs is 2. The Bertz CT molecular complexity index is 1760. The molecule has 0 saturated carbocycles. The van der Waals surface area contributed by atoms with Crippen molar-refractivity contribution in [3.63, 3.8) is 0 Å². The molecule has 0 aliphatic carbocycles. The summed E-state index contributed by atoms with van der Waals surface area (Å²) in [7, 11) is -3.69. The second kappa shape index (κ2) is 10.4. The first-order valence-corrected chi connectivity index (χ1v) is 15.0. The van der Waals surface area contributed by atoms with Crippen molar-refractivity contribution in [1.82, 2.24) is 9.29 Å². The lowest BCUT2D eigenvalue weighted by Gasteiger charge is -2.28. The second-order valence-corrected chi connectivity index (χ2v) is 12.6. The molecule has 39 heavy (non-hydrogen) atoms. The number of thiazole rings is 1. The van der Waals surface area contributed by atoms with Gasteiger partial charge in [0.2, 0.25) is 10.0 Å². The van der Waals surface area contributed by atoms with Gasteiger partial charge in [0.15, 0.2) is 5.13 Å². The molecule has 0 unspecified atom stereocenters. The molecule has 6 rings (SSSR count). The summed E-state index contributed by atoms with van der Waals surface area (Å²) >= 11 is 1.47. The average Bonchev–Trinajstić information content (AvgIpc) is 3.41. The first kappa shape index (κ1) is 25.4. The highest BCUT2D eigenvalue weighted by molar-refractivity contribution is 7.89. The minimum Gasteiger partial charge on any atom is -0.279 e. The number of aromatic nitrogens is 1. The number of aryl methyl sites for hydroxylation is 1. The predicted molar refractivity (Wildman–Crippen MR) is 155 cm³/mol. The largest absolute Gasteiger partial charge is 0.279 e. The molecule has 1 aliphatic rings. The van der Waals surface area contributed by atoms with Gasteiger partial charge in [-0.1, -0.05) is 78.1 Å². The van der Waals surface area contributed by atoms with E-state index in [1.165, 1.54) is 33.3 Å². The van der Waals surface area contributed by atoms with Crippen LogP contribution in [0.5, 0.6) is 0 Å². The van der Waals surface area contributed by atoms with Crippen LogP contribution in [-0.2, 0) is 29.5 Å². The van der Waals surface area contributed by atoms with Crippen LogP contribution >= 0.6 is 11.3 Å². The molecule has 1 amide bonds. The number of anilines is 1. The third kappa shape index (κ3) is 4.98. The van der Waals surface area contributed by atoms with Gasteiger partial charge in [-0.15, -0.1) is 0 Å². The van der Waals surface area contributed by atoms with Crippen LogP contribution < -0.4 is 4.90 Å². The number of para-hydroxylation sites is 1. The Hall–Kier alpha value is -3.85. The predicted octanol–water partition coefficient (Wildman–Crippen LogP) is 6.20.